The van der Waals surface area contributed by atoms with E-state index in [1.807, 2.05) is 24.3 Å². The monoisotopic (exact) mass is 397 g/mol. The van der Waals surface area contributed by atoms with Crippen molar-refractivity contribution in [1.82, 2.24) is 5.16 Å². The topological polar surface area (TPSA) is 46.3 Å². The van der Waals surface area contributed by atoms with E-state index in [9.17, 15) is 5.11 Å². The summed E-state index contributed by atoms with van der Waals surface area (Å²) < 4.78 is 6.30. The van der Waals surface area contributed by atoms with Crippen LogP contribution in [0.15, 0.2) is 51.5 Å². The highest BCUT2D eigenvalue weighted by Crippen LogP contribution is 2.41. The standard InChI is InChI=1S/C16H10BrCl2NO2/c17-11-5-2-1-4-9(11)15-10(8-21)16(22-20-15)14-12(18)6-3-7-13(14)19/h1-7,21H,8H2. The van der Waals surface area contributed by atoms with Gasteiger partial charge in [-0.1, -0.05) is 68.6 Å². The van der Waals surface area contributed by atoms with Gasteiger partial charge in [-0.15, -0.1) is 0 Å². The van der Waals surface area contributed by atoms with Crippen LogP contribution in [0.2, 0.25) is 10.0 Å². The second-order valence-corrected chi connectivity index (χ2v) is 6.24. The first kappa shape index (κ1) is 15.6. The minimum Gasteiger partial charge on any atom is -0.391 e. The molecule has 0 aliphatic carbocycles. The van der Waals surface area contributed by atoms with Crippen LogP contribution in [0.1, 0.15) is 5.56 Å². The molecule has 0 spiro atoms. The van der Waals surface area contributed by atoms with Crippen molar-refractivity contribution < 1.29 is 9.63 Å². The van der Waals surface area contributed by atoms with Crippen LogP contribution in [0, 0.1) is 0 Å². The van der Waals surface area contributed by atoms with Crippen LogP contribution in [0.5, 0.6) is 0 Å². The van der Waals surface area contributed by atoms with E-state index in [0.29, 0.717) is 32.6 Å². The van der Waals surface area contributed by atoms with E-state index in [0.717, 1.165) is 10.0 Å². The third-order valence-corrected chi connectivity index (χ3v) is 4.59. The van der Waals surface area contributed by atoms with Gasteiger partial charge in [0.25, 0.3) is 0 Å². The third-order valence-electron chi connectivity index (χ3n) is 3.27. The zero-order chi connectivity index (χ0) is 15.7. The van der Waals surface area contributed by atoms with Crippen molar-refractivity contribution in [3.63, 3.8) is 0 Å². The summed E-state index contributed by atoms with van der Waals surface area (Å²) in [6.07, 6.45) is 0. The molecule has 6 heteroatoms. The fraction of sp³-hybridized carbons (Fsp3) is 0.0625. The van der Waals surface area contributed by atoms with Crippen molar-refractivity contribution in [3.05, 3.63) is 62.5 Å². The molecule has 0 saturated carbocycles. The van der Waals surface area contributed by atoms with Gasteiger partial charge in [0.05, 0.1) is 27.8 Å². The largest absolute Gasteiger partial charge is 0.391 e. The number of halogens is 3. The molecule has 0 radical (unpaired) electrons. The lowest BCUT2D eigenvalue weighted by Gasteiger charge is -2.06. The van der Waals surface area contributed by atoms with E-state index in [4.69, 9.17) is 27.7 Å². The number of rotatable bonds is 3. The number of aliphatic hydroxyl groups excluding tert-OH is 1. The Morgan fingerprint density at radius 1 is 1.05 bits per heavy atom. The molecule has 0 atom stereocenters. The fourth-order valence-electron chi connectivity index (χ4n) is 2.23. The number of hydrogen-bond acceptors (Lipinski definition) is 3. The lowest BCUT2D eigenvalue weighted by atomic mass is 10.0. The molecule has 1 aromatic heterocycles. The summed E-state index contributed by atoms with van der Waals surface area (Å²) in [4.78, 5) is 0. The van der Waals surface area contributed by atoms with Gasteiger partial charge in [0.1, 0.15) is 5.69 Å². The van der Waals surface area contributed by atoms with Gasteiger partial charge < -0.3 is 9.63 Å². The molecule has 0 unspecified atom stereocenters. The maximum Gasteiger partial charge on any atom is 0.176 e. The van der Waals surface area contributed by atoms with E-state index >= 15 is 0 Å². The zero-order valence-corrected chi connectivity index (χ0v) is 14.3. The molecule has 112 valence electrons. The average Bonchev–Trinajstić information content (AvgIpc) is 2.91. The Balaban J connectivity index is 2.23. The third kappa shape index (κ3) is 2.68. The van der Waals surface area contributed by atoms with Crippen molar-refractivity contribution >= 4 is 39.1 Å². The summed E-state index contributed by atoms with van der Waals surface area (Å²) in [6.45, 7) is -0.239. The summed E-state index contributed by atoms with van der Waals surface area (Å²) in [6, 6.07) is 12.7. The van der Waals surface area contributed by atoms with Gasteiger partial charge in [0.2, 0.25) is 0 Å². The lowest BCUT2D eigenvalue weighted by Crippen LogP contribution is -1.91. The number of aromatic nitrogens is 1. The predicted molar refractivity (Wildman–Crippen MR) is 91.0 cm³/mol. The van der Waals surface area contributed by atoms with Gasteiger partial charge >= 0.3 is 0 Å². The molecule has 2 aromatic carbocycles. The van der Waals surface area contributed by atoms with E-state index in [2.05, 4.69) is 21.1 Å². The summed E-state index contributed by atoms with van der Waals surface area (Å²) in [5.41, 5.74) is 2.45. The Labute approximate surface area is 145 Å². The molecule has 0 amide bonds. The molecule has 3 rings (SSSR count). The van der Waals surface area contributed by atoms with Crippen molar-refractivity contribution in [3.8, 4) is 22.6 Å². The second-order valence-electron chi connectivity index (χ2n) is 4.57. The van der Waals surface area contributed by atoms with E-state index in [1.165, 1.54) is 0 Å². The molecular weight excluding hydrogens is 389 g/mol. The molecule has 1 N–H and O–H groups in total. The van der Waals surface area contributed by atoms with Gasteiger partial charge in [0.15, 0.2) is 5.76 Å². The van der Waals surface area contributed by atoms with Crippen molar-refractivity contribution in [2.45, 2.75) is 6.61 Å². The molecule has 0 fully saturated rings. The van der Waals surface area contributed by atoms with Gasteiger partial charge in [-0.25, -0.2) is 0 Å². The molecular formula is C16H10BrCl2NO2. The molecule has 1 heterocycles. The van der Waals surface area contributed by atoms with Crippen LogP contribution in [-0.2, 0) is 6.61 Å². The van der Waals surface area contributed by atoms with Crippen molar-refractivity contribution in [2.24, 2.45) is 0 Å². The fourth-order valence-corrected chi connectivity index (χ4v) is 3.27. The quantitative estimate of drug-likeness (QED) is 0.627. The number of nitrogens with zero attached hydrogens (tertiary/aromatic N) is 1. The van der Waals surface area contributed by atoms with Crippen LogP contribution in [0.3, 0.4) is 0 Å². The van der Waals surface area contributed by atoms with Gasteiger partial charge in [-0.3, -0.25) is 0 Å². The molecule has 0 aliphatic rings. The highest BCUT2D eigenvalue weighted by atomic mass is 79.9. The van der Waals surface area contributed by atoms with Crippen LogP contribution >= 0.6 is 39.1 Å². The number of benzene rings is 2. The normalized spacial score (nSPS) is 10.9. The first-order valence-corrected chi connectivity index (χ1v) is 7.97. The molecule has 3 aromatic rings. The Morgan fingerprint density at radius 3 is 2.36 bits per heavy atom. The summed E-state index contributed by atoms with van der Waals surface area (Å²) in [7, 11) is 0. The highest BCUT2D eigenvalue weighted by molar-refractivity contribution is 9.10. The van der Waals surface area contributed by atoms with Crippen LogP contribution in [-0.4, -0.2) is 10.3 Å². The zero-order valence-electron chi connectivity index (χ0n) is 11.2. The SMILES string of the molecule is OCc1c(-c2ccccc2Br)noc1-c1c(Cl)cccc1Cl. The van der Waals surface area contributed by atoms with Crippen LogP contribution in [0.25, 0.3) is 22.6 Å². The average molecular weight is 399 g/mol. The Hall–Kier alpha value is -1.33. The smallest absolute Gasteiger partial charge is 0.176 e. The van der Waals surface area contributed by atoms with Gasteiger partial charge in [-0.2, -0.15) is 0 Å². The van der Waals surface area contributed by atoms with Crippen LogP contribution in [0.4, 0.5) is 0 Å². The first-order valence-electron chi connectivity index (χ1n) is 6.42. The number of aliphatic hydroxyl groups is 1. The van der Waals surface area contributed by atoms with Crippen LogP contribution < -0.4 is 0 Å². The molecule has 22 heavy (non-hydrogen) atoms. The minimum absolute atomic E-state index is 0.239. The lowest BCUT2D eigenvalue weighted by molar-refractivity contribution is 0.281. The summed E-state index contributed by atoms with van der Waals surface area (Å²) in [5, 5.41) is 14.8. The molecule has 0 bridgehead atoms. The van der Waals surface area contributed by atoms with E-state index in [1.54, 1.807) is 18.2 Å². The maximum absolute atomic E-state index is 9.78. The van der Waals surface area contributed by atoms with E-state index < -0.39 is 0 Å². The molecule has 3 nitrogen and oxygen atoms in total. The number of hydrogen-bond donors (Lipinski definition) is 1. The summed E-state index contributed by atoms with van der Waals surface area (Å²) >= 11 is 15.9. The maximum atomic E-state index is 9.78. The second kappa shape index (κ2) is 6.42. The predicted octanol–water partition coefficient (Wildman–Crippen LogP) is 5.57. The molecule has 0 saturated heterocycles. The highest BCUT2D eigenvalue weighted by Gasteiger charge is 2.23. The van der Waals surface area contributed by atoms with Crippen molar-refractivity contribution in [2.75, 3.05) is 0 Å². The summed E-state index contributed by atoms with van der Waals surface area (Å²) in [5.74, 6) is 0.379. The van der Waals surface area contributed by atoms with Gasteiger partial charge in [0, 0.05) is 10.0 Å². The van der Waals surface area contributed by atoms with E-state index in [-0.39, 0.29) is 6.61 Å². The van der Waals surface area contributed by atoms with Crippen molar-refractivity contribution in [1.29, 1.82) is 0 Å². The molecule has 0 aliphatic heterocycles. The minimum atomic E-state index is -0.239. The Morgan fingerprint density at radius 2 is 1.73 bits per heavy atom. The Bertz CT molecular complexity index is 813. The Kier molecular flexibility index (Phi) is 4.54. The van der Waals surface area contributed by atoms with Gasteiger partial charge in [-0.05, 0) is 18.2 Å². The first-order chi connectivity index (χ1) is 10.6.